The van der Waals surface area contributed by atoms with E-state index in [-0.39, 0.29) is 19.3 Å². The van der Waals surface area contributed by atoms with Crippen molar-refractivity contribution < 1.29 is 10.2 Å². The van der Waals surface area contributed by atoms with E-state index in [2.05, 4.69) is 15.9 Å². The number of hydrogen-bond acceptors (Lipinski definition) is 3. The maximum Gasteiger partial charge on any atom is 0.0702 e. The lowest BCUT2D eigenvalue weighted by molar-refractivity contribution is 0.267. The predicted molar refractivity (Wildman–Crippen MR) is 65.0 cm³/mol. The van der Waals surface area contributed by atoms with E-state index in [0.29, 0.717) is 0 Å². The number of aliphatic hydroxyl groups is 2. The lowest BCUT2D eigenvalue weighted by Crippen LogP contribution is -2.32. The van der Waals surface area contributed by atoms with E-state index in [0.717, 1.165) is 15.7 Å². The predicted octanol–water partition coefficient (Wildman–Crippen LogP) is 1.76. The third-order valence-electron chi connectivity index (χ3n) is 2.52. The first-order valence-corrected chi connectivity index (χ1v) is 5.62. The number of benzene rings is 1. The van der Waals surface area contributed by atoms with Crippen molar-refractivity contribution in [2.45, 2.75) is 19.6 Å². The van der Waals surface area contributed by atoms with Gasteiger partial charge in [0.2, 0.25) is 0 Å². The smallest absolute Gasteiger partial charge is 0.0702 e. The van der Waals surface area contributed by atoms with E-state index in [4.69, 9.17) is 5.11 Å². The number of nitrogens with zero attached hydrogens (tertiary/aromatic N) is 1. The standard InChI is InChI=1S/C11H16BrNO2/c1-8(6-14)13(2)11-4-3-10(12)5-9(11)7-15/h3-5,8,14-15H,6-7H2,1-2H3. The molecule has 1 rings (SSSR count). The minimum Gasteiger partial charge on any atom is -0.394 e. The van der Waals surface area contributed by atoms with Crippen molar-refractivity contribution in [2.75, 3.05) is 18.6 Å². The summed E-state index contributed by atoms with van der Waals surface area (Å²) < 4.78 is 0.945. The molecule has 84 valence electrons. The fraction of sp³-hybridized carbons (Fsp3) is 0.455. The molecular weight excluding hydrogens is 258 g/mol. The third-order valence-corrected chi connectivity index (χ3v) is 3.01. The summed E-state index contributed by atoms with van der Waals surface area (Å²) in [5.41, 5.74) is 1.80. The Labute approximate surface area is 98.5 Å². The van der Waals surface area contributed by atoms with Crippen LogP contribution in [0.1, 0.15) is 12.5 Å². The summed E-state index contributed by atoms with van der Waals surface area (Å²) in [7, 11) is 1.91. The average Bonchev–Trinajstić information content (AvgIpc) is 2.26. The van der Waals surface area contributed by atoms with Crippen molar-refractivity contribution in [2.24, 2.45) is 0 Å². The summed E-state index contributed by atoms with van der Waals surface area (Å²) in [6.07, 6.45) is 0. The van der Waals surface area contributed by atoms with E-state index < -0.39 is 0 Å². The largest absolute Gasteiger partial charge is 0.394 e. The Balaban J connectivity index is 3.02. The van der Waals surface area contributed by atoms with Crippen molar-refractivity contribution in [1.29, 1.82) is 0 Å². The number of likely N-dealkylation sites (N-methyl/N-ethyl adjacent to an activating group) is 1. The van der Waals surface area contributed by atoms with Crippen LogP contribution in [0.3, 0.4) is 0 Å². The first kappa shape index (κ1) is 12.5. The topological polar surface area (TPSA) is 43.7 Å². The van der Waals surface area contributed by atoms with Gasteiger partial charge in [-0.3, -0.25) is 0 Å². The van der Waals surface area contributed by atoms with Gasteiger partial charge in [-0.2, -0.15) is 0 Å². The van der Waals surface area contributed by atoms with Crippen molar-refractivity contribution in [3.05, 3.63) is 28.2 Å². The number of halogens is 1. The molecule has 0 amide bonds. The Bertz CT molecular complexity index is 330. The highest BCUT2D eigenvalue weighted by molar-refractivity contribution is 9.10. The molecule has 0 saturated carbocycles. The molecule has 1 atom stereocenters. The second kappa shape index (κ2) is 5.49. The molecule has 0 aliphatic rings. The van der Waals surface area contributed by atoms with Gasteiger partial charge in [0.15, 0.2) is 0 Å². The number of anilines is 1. The summed E-state index contributed by atoms with van der Waals surface area (Å²) in [4.78, 5) is 1.96. The molecule has 0 aromatic heterocycles. The number of hydrogen-bond donors (Lipinski definition) is 2. The van der Waals surface area contributed by atoms with Gasteiger partial charge >= 0.3 is 0 Å². The lowest BCUT2D eigenvalue weighted by Gasteiger charge is -2.27. The highest BCUT2D eigenvalue weighted by atomic mass is 79.9. The second-order valence-corrected chi connectivity index (χ2v) is 4.49. The van der Waals surface area contributed by atoms with Crippen LogP contribution in [0.15, 0.2) is 22.7 Å². The van der Waals surface area contributed by atoms with Crippen molar-refractivity contribution in [1.82, 2.24) is 0 Å². The molecule has 4 heteroatoms. The van der Waals surface area contributed by atoms with Crippen LogP contribution in [0, 0.1) is 0 Å². The lowest BCUT2D eigenvalue weighted by atomic mass is 10.1. The zero-order valence-electron chi connectivity index (χ0n) is 8.94. The van der Waals surface area contributed by atoms with Crippen LogP contribution in [0.25, 0.3) is 0 Å². The van der Waals surface area contributed by atoms with Gasteiger partial charge in [0, 0.05) is 28.8 Å². The summed E-state index contributed by atoms with van der Waals surface area (Å²) >= 11 is 3.36. The van der Waals surface area contributed by atoms with Crippen LogP contribution in [0.5, 0.6) is 0 Å². The summed E-state index contributed by atoms with van der Waals surface area (Å²) in [5, 5.41) is 18.3. The van der Waals surface area contributed by atoms with Crippen LogP contribution >= 0.6 is 15.9 Å². The van der Waals surface area contributed by atoms with Crippen molar-refractivity contribution >= 4 is 21.6 Å². The van der Waals surface area contributed by atoms with Gasteiger partial charge in [0.1, 0.15) is 0 Å². The quantitative estimate of drug-likeness (QED) is 0.879. The Kier molecular flexibility index (Phi) is 4.57. The van der Waals surface area contributed by atoms with Crippen LogP contribution < -0.4 is 4.90 Å². The molecule has 1 aromatic rings. The zero-order valence-corrected chi connectivity index (χ0v) is 10.5. The highest BCUT2D eigenvalue weighted by Crippen LogP contribution is 2.25. The highest BCUT2D eigenvalue weighted by Gasteiger charge is 2.12. The molecule has 0 heterocycles. The van der Waals surface area contributed by atoms with Crippen molar-refractivity contribution in [3.8, 4) is 0 Å². The Morgan fingerprint density at radius 3 is 2.60 bits per heavy atom. The Morgan fingerprint density at radius 2 is 2.07 bits per heavy atom. The molecule has 1 aromatic carbocycles. The monoisotopic (exact) mass is 273 g/mol. The van der Waals surface area contributed by atoms with Gasteiger partial charge in [-0.1, -0.05) is 15.9 Å². The van der Waals surface area contributed by atoms with E-state index >= 15 is 0 Å². The van der Waals surface area contributed by atoms with Crippen LogP contribution in [0.4, 0.5) is 5.69 Å². The molecular formula is C11H16BrNO2. The maximum atomic E-state index is 9.24. The van der Waals surface area contributed by atoms with Crippen LogP contribution in [0.2, 0.25) is 0 Å². The first-order chi connectivity index (χ1) is 7.10. The van der Waals surface area contributed by atoms with E-state index in [1.54, 1.807) is 0 Å². The molecule has 2 N–H and O–H groups in total. The zero-order chi connectivity index (χ0) is 11.4. The second-order valence-electron chi connectivity index (χ2n) is 3.57. The molecule has 0 aliphatic heterocycles. The minimum atomic E-state index is -0.00272. The van der Waals surface area contributed by atoms with Gasteiger partial charge in [-0.25, -0.2) is 0 Å². The molecule has 0 radical (unpaired) electrons. The molecule has 0 saturated heterocycles. The maximum absolute atomic E-state index is 9.24. The van der Waals surface area contributed by atoms with Gasteiger partial charge in [0.25, 0.3) is 0 Å². The molecule has 0 bridgehead atoms. The van der Waals surface area contributed by atoms with E-state index in [1.807, 2.05) is 37.1 Å². The fourth-order valence-corrected chi connectivity index (χ4v) is 1.79. The third kappa shape index (κ3) is 2.93. The van der Waals surface area contributed by atoms with Crippen LogP contribution in [-0.2, 0) is 6.61 Å². The SMILES string of the molecule is CC(CO)N(C)c1ccc(Br)cc1CO. The van der Waals surface area contributed by atoms with Gasteiger partial charge in [-0.05, 0) is 25.1 Å². The van der Waals surface area contributed by atoms with Gasteiger partial charge < -0.3 is 15.1 Å². The Hall–Kier alpha value is -0.580. The number of rotatable bonds is 4. The minimum absolute atomic E-state index is 0.00272. The van der Waals surface area contributed by atoms with Crippen LogP contribution in [-0.4, -0.2) is 29.9 Å². The van der Waals surface area contributed by atoms with Gasteiger partial charge in [0.05, 0.1) is 13.2 Å². The van der Waals surface area contributed by atoms with E-state index in [9.17, 15) is 5.11 Å². The van der Waals surface area contributed by atoms with Crippen molar-refractivity contribution in [3.63, 3.8) is 0 Å². The normalized spacial score (nSPS) is 12.6. The Morgan fingerprint density at radius 1 is 1.40 bits per heavy atom. The van der Waals surface area contributed by atoms with Gasteiger partial charge in [-0.15, -0.1) is 0 Å². The van der Waals surface area contributed by atoms with E-state index in [1.165, 1.54) is 0 Å². The molecule has 3 nitrogen and oxygen atoms in total. The molecule has 1 unspecified atom stereocenters. The average molecular weight is 274 g/mol. The summed E-state index contributed by atoms with van der Waals surface area (Å²) in [5.74, 6) is 0. The molecule has 0 spiro atoms. The fourth-order valence-electron chi connectivity index (χ4n) is 1.38. The molecule has 0 fully saturated rings. The first-order valence-electron chi connectivity index (χ1n) is 4.83. The summed E-state index contributed by atoms with van der Waals surface area (Å²) in [6, 6.07) is 5.78. The molecule has 0 aliphatic carbocycles. The molecule has 15 heavy (non-hydrogen) atoms. The number of aliphatic hydroxyl groups excluding tert-OH is 2. The summed E-state index contributed by atoms with van der Waals surface area (Å²) in [6.45, 7) is 2.03.